The van der Waals surface area contributed by atoms with Crippen molar-refractivity contribution in [1.82, 2.24) is 15.2 Å². The molecule has 0 bridgehead atoms. The molecule has 0 saturated heterocycles. The standard InChI is InChI=1S/C14H20N4/c1-9-6-5-7-12(10(9)2)14(16-15)13-8-18(4)17-11(13)3/h5-8,14,16H,15H2,1-4H3. The van der Waals surface area contributed by atoms with Crippen LogP contribution in [-0.2, 0) is 7.05 Å². The van der Waals surface area contributed by atoms with E-state index in [0.717, 1.165) is 11.3 Å². The first-order valence-electron chi connectivity index (χ1n) is 6.07. The van der Waals surface area contributed by atoms with Crippen LogP contribution in [0, 0.1) is 20.8 Å². The van der Waals surface area contributed by atoms with Crippen molar-refractivity contribution in [3.05, 3.63) is 52.3 Å². The van der Waals surface area contributed by atoms with Gasteiger partial charge >= 0.3 is 0 Å². The van der Waals surface area contributed by atoms with Crippen molar-refractivity contribution in [3.8, 4) is 0 Å². The minimum absolute atomic E-state index is 0.0152. The molecule has 0 aliphatic rings. The summed E-state index contributed by atoms with van der Waals surface area (Å²) >= 11 is 0. The zero-order chi connectivity index (χ0) is 13.3. The number of nitrogens with two attached hydrogens (primary N) is 1. The topological polar surface area (TPSA) is 55.9 Å². The van der Waals surface area contributed by atoms with E-state index in [0.29, 0.717) is 0 Å². The normalized spacial score (nSPS) is 12.7. The number of hydrogen-bond acceptors (Lipinski definition) is 3. The van der Waals surface area contributed by atoms with Gasteiger partial charge in [-0.25, -0.2) is 5.43 Å². The van der Waals surface area contributed by atoms with Gasteiger partial charge in [-0.05, 0) is 37.5 Å². The summed E-state index contributed by atoms with van der Waals surface area (Å²) < 4.78 is 1.82. The molecule has 0 saturated carbocycles. The van der Waals surface area contributed by atoms with Crippen LogP contribution in [0.25, 0.3) is 0 Å². The SMILES string of the molecule is Cc1cccc(C(NN)c2cn(C)nc2C)c1C. The molecule has 0 aliphatic carbocycles. The number of aromatic nitrogens is 2. The number of hydrogen-bond donors (Lipinski definition) is 2. The summed E-state index contributed by atoms with van der Waals surface area (Å²) in [7, 11) is 1.92. The lowest BCUT2D eigenvalue weighted by Crippen LogP contribution is -2.29. The van der Waals surface area contributed by atoms with E-state index in [1.165, 1.54) is 16.7 Å². The minimum Gasteiger partial charge on any atom is -0.275 e. The van der Waals surface area contributed by atoms with Crippen LogP contribution in [0.3, 0.4) is 0 Å². The predicted molar refractivity (Wildman–Crippen MR) is 73.0 cm³/mol. The van der Waals surface area contributed by atoms with Crippen molar-refractivity contribution in [1.29, 1.82) is 0 Å². The minimum atomic E-state index is -0.0152. The summed E-state index contributed by atoms with van der Waals surface area (Å²) in [5, 5.41) is 4.38. The van der Waals surface area contributed by atoms with Crippen molar-refractivity contribution in [2.24, 2.45) is 12.9 Å². The molecule has 1 aromatic carbocycles. The lowest BCUT2D eigenvalue weighted by atomic mass is 9.93. The molecule has 96 valence electrons. The maximum Gasteiger partial charge on any atom is 0.0746 e. The highest BCUT2D eigenvalue weighted by Crippen LogP contribution is 2.27. The van der Waals surface area contributed by atoms with Crippen molar-refractivity contribution >= 4 is 0 Å². The van der Waals surface area contributed by atoms with Gasteiger partial charge in [-0.2, -0.15) is 5.10 Å². The summed E-state index contributed by atoms with van der Waals surface area (Å²) in [5.74, 6) is 5.75. The number of aryl methyl sites for hydroxylation is 3. The molecule has 4 heteroatoms. The molecule has 1 aromatic heterocycles. The summed E-state index contributed by atoms with van der Waals surface area (Å²) in [5.41, 5.74) is 8.77. The highest BCUT2D eigenvalue weighted by atomic mass is 15.3. The molecular weight excluding hydrogens is 224 g/mol. The molecule has 0 fully saturated rings. The molecule has 2 rings (SSSR count). The summed E-state index contributed by atoms with van der Waals surface area (Å²) in [6.45, 7) is 6.24. The Morgan fingerprint density at radius 2 is 1.94 bits per heavy atom. The van der Waals surface area contributed by atoms with Crippen LogP contribution in [0.5, 0.6) is 0 Å². The summed E-state index contributed by atoms with van der Waals surface area (Å²) in [6, 6.07) is 6.27. The number of benzene rings is 1. The van der Waals surface area contributed by atoms with Gasteiger partial charge in [0.1, 0.15) is 0 Å². The molecule has 0 aliphatic heterocycles. The molecule has 18 heavy (non-hydrogen) atoms. The maximum absolute atomic E-state index is 5.75. The van der Waals surface area contributed by atoms with E-state index in [1.54, 1.807) is 0 Å². The largest absolute Gasteiger partial charge is 0.275 e. The Bertz CT molecular complexity index is 557. The van der Waals surface area contributed by atoms with Gasteiger partial charge in [-0.1, -0.05) is 18.2 Å². The zero-order valence-corrected chi connectivity index (χ0v) is 11.4. The summed E-state index contributed by atoms with van der Waals surface area (Å²) in [4.78, 5) is 0. The molecule has 2 aromatic rings. The monoisotopic (exact) mass is 244 g/mol. The van der Waals surface area contributed by atoms with Gasteiger partial charge < -0.3 is 0 Å². The average Bonchev–Trinajstić information content (AvgIpc) is 2.65. The molecule has 0 spiro atoms. The lowest BCUT2D eigenvalue weighted by molar-refractivity contribution is 0.629. The van der Waals surface area contributed by atoms with E-state index in [2.05, 4.69) is 42.6 Å². The number of rotatable bonds is 3. The zero-order valence-electron chi connectivity index (χ0n) is 11.4. The molecule has 3 N–H and O–H groups in total. The van der Waals surface area contributed by atoms with E-state index in [9.17, 15) is 0 Å². The first-order valence-corrected chi connectivity index (χ1v) is 6.07. The second-order valence-electron chi connectivity index (χ2n) is 4.73. The Kier molecular flexibility index (Phi) is 3.50. The van der Waals surface area contributed by atoms with Gasteiger partial charge in [0, 0.05) is 18.8 Å². The molecule has 0 radical (unpaired) electrons. The first-order chi connectivity index (χ1) is 8.54. The predicted octanol–water partition coefficient (Wildman–Crippen LogP) is 1.90. The van der Waals surface area contributed by atoms with Gasteiger partial charge in [0.25, 0.3) is 0 Å². The Balaban J connectivity index is 2.52. The second kappa shape index (κ2) is 4.92. The van der Waals surface area contributed by atoms with E-state index < -0.39 is 0 Å². The first kappa shape index (κ1) is 12.8. The number of nitrogens with zero attached hydrogens (tertiary/aromatic N) is 2. The van der Waals surface area contributed by atoms with Gasteiger partial charge in [0.2, 0.25) is 0 Å². The van der Waals surface area contributed by atoms with Crippen LogP contribution in [0.15, 0.2) is 24.4 Å². The van der Waals surface area contributed by atoms with E-state index >= 15 is 0 Å². The third-order valence-electron chi connectivity index (χ3n) is 3.49. The van der Waals surface area contributed by atoms with Crippen molar-refractivity contribution in [2.45, 2.75) is 26.8 Å². The fourth-order valence-electron chi connectivity index (χ4n) is 2.33. The van der Waals surface area contributed by atoms with Gasteiger partial charge in [-0.15, -0.1) is 0 Å². The summed E-state index contributed by atoms with van der Waals surface area (Å²) in [6.07, 6.45) is 2.02. The Hall–Kier alpha value is -1.65. The maximum atomic E-state index is 5.75. The third-order valence-corrected chi connectivity index (χ3v) is 3.49. The van der Waals surface area contributed by atoms with E-state index in [-0.39, 0.29) is 6.04 Å². The van der Waals surface area contributed by atoms with Crippen LogP contribution in [0.2, 0.25) is 0 Å². The van der Waals surface area contributed by atoms with Gasteiger partial charge in [0.15, 0.2) is 0 Å². The molecule has 1 atom stereocenters. The number of nitrogens with one attached hydrogen (secondary N) is 1. The molecular formula is C14H20N4. The lowest BCUT2D eigenvalue weighted by Gasteiger charge is -2.19. The van der Waals surface area contributed by atoms with Crippen molar-refractivity contribution in [2.75, 3.05) is 0 Å². The molecule has 1 unspecified atom stereocenters. The molecule has 4 nitrogen and oxygen atoms in total. The van der Waals surface area contributed by atoms with Gasteiger partial charge in [-0.3, -0.25) is 10.5 Å². The van der Waals surface area contributed by atoms with E-state index in [4.69, 9.17) is 5.84 Å². The van der Waals surface area contributed by atoms with E-state index in [1.807, 2.05) is 24.9 Å². The Morgan fingerprint density at radius 3 is 2.50 bits per heavy atom. The average molecular weight is 244 g/mol. The van der Waals surface area contributed by atoms with Crippen molar-refractivity contribution < 1.29 is 0 Å². The highest BCUT2D eigenvalue weighted by molar-refractivity contribution is 5.41. The molecule has 1 heterocycles. The van der Waals surface area contributed by atoms with Crippen LogP contribution >= 0.6 is 0 Å². The third kappa shape index (κ3) is 2.17. The highest BCUT2D eigenvalue weighted by Gasteiger charge is 2.19. The van der Waals surface area contributed by atoms with Crippen LogP contribution in [0.1, 0.15) is 34.0 Å². The number of hydrazine groups is 1. The van der Waals surface area contributed by atoms with Crippen LogP contribution in [-0.4, -0.2) is 9.78 Å². The molecule has 0 amide bonds. The van der Waals surface area contributed by atoms with Crippen LogP contribution < -0.4 is 11.3 Å². The smallest absolute Gasteiger partial charge is 0.0746 e. The van der Waals surface area contributed by atoms with Gasteiger partial charge in [0.05, 0.1) is 11.7 Å². The fraction of sp³-hybridized carbons (Fsp3) is 0.357. The Morgan fingerprint density at radius 1 is 1.22 bits per heavy atom. The van der Waals surface area contributed by atoms with Crippen LogP contribution in [0.4, 0.5) is 0 Å². The Labute approximate surface area is 108 Å². The fourth-order valence-corrected chi connectivity index (χ4v) is 2.33. The quantitative estimate of drug-likeness (QED) is 0.640. The van der Waals surface area contributed by atoms with Crippen molar-refractivity contribution in [3.63, 3.8) is 0 Å². The second-order valence-corrected chi connectivity index (χ2v) is 4.73.